The molecule has 0 aromatic rings. The Morgan fingerprint density at radius 2 is 1.45 bits per heavy atom. The normalized spacial score (nSPS) is 13.2. The topological polar surface area (TPSA) is 93.1 Å². The van der Waals surface area contributed by atoms with Crippen molar-refractivity contribution in [2.45, 2.75) is 58.7 Å². The lowest BCUT2D eigenvalue weighted by Crippen LogP contribution is -2.54. The fourth-order valence-corrected chi connectivity index (χ4v) is 1.86. The van der Waals surface area contributed by atoms with Crippen LogP contribution in [-0.2, 0) is 19.1 Å². The van der Waals surface area contributed by atoms with Gasteiger partial charge in [-0.1, -0.05) is 33.6 Å². The number of carboxylic acid groups (broad SMARTS) is 2. The second kappa shape index (κ2) is 9.72. The molecular formula is C14H26O6. The van der Waals surface area contributed by atoms with Gasteiger partial charge in [0.15, 0.2) is 0 Å². The lowest BCUT2D eigenvalue weighted by atomic mass is 9.95. The van der Waals surface area contributed by atoms with Crippen molar-refractivity contribution in [2.24, 2.45) is 5.92 Å². The Morgan fingerprint density at radius 1 is 1.00 bits per heavy atom. The van der Waals surface area contributed by atoms with Crippen molar-refractivity contribution in [3.05, 3.63) is 0 Å². The van der Waals surface area contributed by atoms with Crippen LogP contribution in [0.3, 0.4) is 0 Å². The molecule has 0 saturated heterocycles. The second-order valence-electron chi connectivity index (χ2n) is 4.68. The van der Waals surface area contributed by atoms with Gasteiger partial charge >= 0.3 is 11.9 Å². The third kappa shape index (κ3) is 5.09. The molecule has 0 aromatic heterocycles. The molecule has 0 aliphatic rings. The van der Waals surface area contributed by atoms with Gasteiger partial charge in [-0.2, -0.15) is 0 Å². The Balaban J connectivity index is 5.18. The predicted molar refractivity (Wildman–Crippen MR) is 73.5 cm³/mol. The molecule has 0 aliphatic heterocycles. The maximum atomic E-state index is 11.6. The summed E-state index contributed by atoms with van der Waals surface area (Å²) < 4.78 is 10.8. The molecule has 0 fully saturated rings. The Hall–Kier alpha value is -1.14. The van der Waals surface area contributed by atoms with Crippen molar-refractivity contribution >= 4 is 11.9 Å². The van der Waals surface area contributed by atoms with Gasteiger partial charge in [-0.15, -0.1) is 0 Å². The first-order valence-electron chi connectivity index (χ1n) is 7.20. The minimum Gasteiger partial charge on any atom is -0.481 e. The number of carbonyl (C=O) groups is 2. The minimum atomic E-state index is -2.09. The van der Waals surface area contributed by atoms with E-state index in [0.29, 0.717) is 12.8 Å². The number of ether oxygens (including phenoxy) is 2. The summed E-state index contributed by atoms with van der Waals surface area (Å²) >= 11 is 0. The van der Waals surface area contributed by atoms with Crippen molar-refractivity contribution in [1.29, 1.82) is 0 Å². The van der Waals surface area contributed by atoms with Crippen LogP contribution >= 0.6 is 0 Å². The van der Waals surface area contributed by atoms with E-state index in [1.165, 1.54) is 0 Å². The zero-order valence-corrected chi connectivity index (χ0v) is 12.6. The van der Waals surface area contributed by atoms with Crippen LogP contribution < -0.4 is 0 Å². The van der Waals surface area contributed by atoms with Crippen LogP contribution in [-0.4, -0.2) is 41.2 Å². The fraction of sp³-hybridized carbons (Fsp3) is 0.857. The number of rotatable bonds is 12. The molecule has 0 spiro atoms. The minimum absolute atomic E-state index is 0.125. The van der Waals surface area contributed by atoms with Crippen molar-refractivity contribution < 1.29 is 29.3 Å². The van der Waals surface area contributed by atoms with Crippen LogP contribution in [0.1, 0.15) is 52.9 Å². The van der Waals surface area contributed by atoms with E-state index in [0.717, 1.165) is 12.8 Å². The molecule has 1 unspecified atom stereocenters. The lowest BCUT2D eigenvalue weighted by molar-refractivity contribution is -0.267. The highest BCUT2D eigenvalue weighted by atomic mass is 16.7. The summed E-state index contributed by atoms with van der Waals surface area (Å²) in [6, 6.07) is 0. The van der Waals surface area contributed by atoms with Gasteiger partial charge in [0.05, 0.1) is 13.2 Å². The number of aliphatic carboxylic acids is 2. The molecule has 0 heterocycles. The monoisotopic (exact) mass is 290 g/mol. The van der Waals surface area contributed by atoms with E-state index < -0.39 is 23.6 Å². The maximum absolute atomic E-state index is 11.6. The quantitative estimate of drug-likeness (QED) is 0.424. The second-order valence-corrected chi connectivity index (χ2v) is 4.68. The Kier molecular flexibility index (Phi) is 9.16. The van der Waals surface area contributed by atoms with Crippen molar-refractivity contribution in [3.63, 3.8) is 0 Å². The first-order chi connectivity index (χ1) is 9.46. The highest BCUT2D eigenvalue weighted by Crippen LogP contribution is 2.29. The van der Waals surface area contributed by atoms with Gasteiger partial charge in [0.25, 0.3) is 5.79 Å². The summed E-state index contributed by atoms with van der Waals surface area (Å²) in [5.41, 5.74) is 0. The molecule has 0 aromatic carbocycles. The van der Waals surface area contributed by atoms with E-state index in [1.807, 2.05) is 13.8 Å². The van der Waals surface area contributed by atoms with Crippen molar-refractivity contribution in [3.8, 4) is 0 Å². The van der Waals surface area contributed by atoms with E-state index in [1.54, 1.807) is 6.92 Å². The largest absolute Gasteiger partial charge is 0.481 e. The number of carboxylic acids is 2. The summed E-state index contributed by atoms with van der Waals surface area (Å²) in [5.74, 6) is -5.92. The standard InChI is InChI=1S/C14H26O6/c1-4-7-9-19-14(13(17)18,20-10-8-5-2)11(6-3)12(15)16/h11H,4-10H2,1-3H3,(H,15,16)(H,17,18). The molecule has 0 aliphatic carbocycles. The molecule has 0 amide bonds. The van der Waals surface area contributed by atoms with Crippen LogP contribution in [0.25, 0.3) is 0 Å². The van der Waals surface area contributed by atoms with Crippen LogP contribution in [0, 0.1) is 5.92 Å². The zero-order chi connectivity index (χ0) is 15.6. The van der Waals surface area contributed by atoms with Gasteiger partial charge in [0, 0.05) is 0 Å². The number of hydrogen-bond donors (Lipinski definition) is 2. The molecule has 0 radical (unpaired) electrons. The zero-order valence-electron chi connectivity index (χ0n) is 12.6. The molecule has 20 heavy (non-hydrogen) atoms. The Morgan fingerprint density at radius 3 is 1.70 bits per heavy atom. The van der Waals surface area contributed by atoms with Crippen LogP contribution in [0.5, 0.6) is 0 Å². The molecule has 6 nitrogen and oxygen atoms in total. The van der Waals surface area contributed by atoms with Gasteiger partial charge in [-0.3, -0.25) is 4.79 Å². The van der Waals surface area contributed by atoms with Crippen LogP contribution in [0.4, 0.5) is 0 Å². The summed E-state index contributed by atoms with van der Waals surface area (Å²) in [5, 5.41) is 18.7. The molecule has 6 heteroatoms. The third-order valence-corrected chi connectivity index (χ3v) is 3.09. The molecule has 118 valence electrons. The summed E-state index contributed by atoms with van der Waals surface area (Å²) in [6.45, 7) is 5.83. The molecule has 0 rings (SSSR count). The summed E-state index contributed by atoms with van der Waals surface area (Å²) in [6.07, 6.45) is 3.09. The van der Waals surface area contributed by atoms with E-state index in [2.05, 4.69) is 0 Å². The molecule has 0 saturated carbocycles. The highest BCUT2D eigenvalue weighted by molar-refractivity contribution is 5.84. The smallest absolute Gasteiger partial charge is 0.365 e. The van der Waals surface area contributed by atoms with Gasteiger partial charge in [-0.25, -0.2) is 4.79 Å². The Labute approximate surface area is 120 Å². The van der Waals surface area contributed by atoms with E-state index in [9.17, 15) is 19.8 Å². The van der Waals surface area contributed by atoms with E-state index in [4.69, 9.17) is 9.47 Å². The average Bonchev–Trinajstić information content (AvgIpc) is 2.38. The maximum Gasteiger partial charge on any atom is 0.365 e. The highest BCUT2D eigenvalue weighted by Gasteiger charge is 2.51. The average molecular weight is 290 g/mol. The molecule has 0 bridgehead atoms. The number of hydrogen-bond acceptors (Lipinski definition) is 4. The number of unbranched alkanes of at least 4 members (excludes halogenated alkanes) is 2. The van der Waals surface area contributed by atoms with E-state index in [-0.39, 0.29) is 19.6 Å². The van der Waals surface area contributed by atoms with Crippen LogP contribution in [0.15, 0.2) is 0 Å². The molecular weight excluding hydrogens is 264 g/mol. The van der Waals surface area contributed by atoms with E-state index >= 15 is 0 Å². The fourth-order valence-electron chi connectivity index (χ4n) is 1.86. The molecule has 2 N–H and O–H groups in total. The third-order valence-electron chi connectivity index (χ3n) is 3.09. The van der Waals surface area contributed by atoms with Crippen LogP contribution in [0.2, 0.25) is 0 Å². The van der Waals surface area contributed by atoms with Gasteiger partial charge < -0.3 is 19.7 Å². The van der Waals surface area contributed by atoms with Gasteiger partial charge in [0.2, 0.25) is 0 Å². The predicted octanol–water partition coefficient (Wildman–Crippen LogP) is 2.51. The first kappa shape index (κ1) is 18.9. The first-order valence-corrected chi connectivity index (χ1v) is 7.20. The van der Waals surface area contributed by atoms with Crippen molar-refractivity contribution in [2.75, 3.05) is 13.2 Å². The lowest BCUT2D eigenvalue weighted by Gasteiger charge is -2.34. The Bertz CT molecular complexity index is 292. The van der Waals surface area contributed by atoms with Gasteiger partial charge in [0.1, 0.15) is 5.92 Å². The summed E-state index contributed by atoms with van der Waals surface area (Å²) in [4.78, 5) is 22.9. The molecule has 1 atom stereocenters. The van der Waals surface area contributed by atoms with Crippen molar-refractivity contribution in [1.82, 2.24) is 0 Å². The SMILES string of the molecule is CCCCOC(OCCCC)(C(=O)O)C(CC)C(=O)O. The summed E-state index contributed by atoms with van der Waals surface area (Å²) in [7, 11) is 0. The van der Waals surface area contributed by atoms with Gasteiger partial charge in [-0.05, 0) is 19.3 Å².